The zero-order chi connectivity index (χ0) is 14.7. The van der Waals surface area contributed by atoms with Crippen molar-refractivity contribution in [3.8, 4) is 0 Å². The summed E-state index contributed by atoms with van der Waals surface area (Å²) in [6.07, 6.45) is 0. The first-order chi connectivity index (χ1) is 9.51. The lowest BCUT2D eigenvalue weighted by Crippen LogP contribution is -2.12. The quantitative estimate of drug-likeness (QED) is 0.787. The average Bonchev–Trinajstić information content (AvgIpc) is 2.44. The molecule has 5 heteroatoms. The SMILES string of the molecule is CNC(C)c1ccc(Sc2ccc(Cl)c(Cl)c2)c(F)c1. The fourth-order valence-corrected chi connectivity index (χ4v) is 2.93. The predicted octanol–water partition coefficient (Wildman–Crippen LogP) is 5.56. The first-order valence-electron chi connectivity index (χ1n) is 6.11. The Balaban J connectivity index is 2.23. The molecule has 2 aromatic rings. The molecule has 0 fully saturated rings. The van der Waals surface area contributed by atoms with Gasteiger partial charge in [0.1, 0.15) is 5.82 Å². The molecule has 1 unspecified atom stereocenters. The van der Waals surface area contributed by atoms with E-state index in [-0.39, 0.29) is 11.9 Å². The van der Waals surface area contributed by atoms with Gasteiger partial charge in [-0.1, -0.05) is 41.0 Å². The minimum atomic E-state index is -0.235. The summed E-state index contributed by atoms with van der Waals surface area (Å²) in [6, 6.07) is 10.6. The molecule has 1 atom stereocenters. The monoisotopic (exact) mass is 329 g/mol. The van der Waals surface area contributed by atoms with Gasteiger partial charge in [0.25, 0.3) is 0 Å². The van der Waals surface area contributed by atoms with Crippen LogP contribution >= 0.6 is 35.0 Å². The first-order valence-corrected chi connectivity index (χ1v) is 7.68. The molecule has 2 rings (SSSR count). The van der Waals surface area contributed by atoms with Crippen LogP contribution in [0.4, 0.5) is 4.39 Å². The third-order valence-corrected chi connectivity index (χ3v) is 4.79. The molecular weight excluding hydrogens is 316 g/mol. The van der Waals surface area contributed by atoms with Crippen LogP contribution in [0, 0.1) is 5.82 Å². The van der Waals surface area contributed by atoms with Crippen LogP contribution in [0.2, 0.25) is 10.0 Å². The van der Waals surface area contributed by atoms with Crippen LogP contribution in [0.15, 0.2) is 46.2 Å². The molecule has 0 saturated heterocycles. The summed E-state index contributed by atoms with van der Waals surface area (Å²) in [6.45, 7) is 1.99. The summed E-state index contributed by atoms with van der Waals surface area (Å²) >= 11 is 13.1. The Bertz CT molecular complexity index is 619. The van der Waals surface area contributed by atoms with Crippen molar-refractivity contribution in [2.45, 2.75) is 22.8 Å². The molecule has 1 N–H and O–H groups in total. The van der Waals surface area contributed by atoms with Crippen molar-refractivity contribution < 1.29 is 4.39 Å². The van der Waals surface area contributed by atoms with Gasteiger partial charge in [-0.2, -0.15) is 0 Å². The second kappa shape index (κ2) is 6.81. The highest BCUT2D eigenvalue weighted by Crippen LogP contribution is 2.34. The number of rotatable bonds is 4. The summed E-state index contributed by atoms with van der Waals surface area (Å²) in [4.78, 5) is 1.42. The molecule has 0 aliphatic carbocycles. The fraction of sp³-hybridized carbons (Fsp3) is 0.200. The van der Waals surface area contributed by atoms with Crippen molar-refractivity contribution in [1.29, 1.82) is 0 Å². The van der Waals surface area contributed by atoms with Crippen molar-refractivity contribution in [2.24, 2.45) is 0 Å². The van der Waals surface area contributed by atoms with E-state index in [1.54, 1.807) is 24.3 Å². The van der Waals surface area contributed by atoms with E-state index < -0.39 is 0 Å². The Morgan fingerprint density at radius 1 is 1.10 bits per heavy atom. The van der Waals surface area contributed by atoms with Crippen molar-refractivity contribution >= 4 is 35.0 Å². The summed E-state index contributed by atoms with van der Waals surface area (Å²) < 4.78 is 14.1. The maximum atomic E-state index is 14.1. The largest absolute Gasteiger partial charge is 0.313 e. The average molecular weight is 330 g/mol. The summed E-state index contributed by atoms with van der Waals surface area (Å²) in [5, 5.41) is 4.05. The Labute approximate surface area is 132 Å². The fourth-order valence-electron chi connectivity index (χ4n) is 1.70. The van der Waals surface area contributed by atoms with Crippen molar-refractivity contribution in [2.75, 3.05) is 7.05 Å². The second-order valence-corrected chi connectivity index (χ2v) is 6.31. The summed E-state index contributed by atoms with van der Waals surface area (Å²) in [5.41, 5.74) is 0.920. The van der Waals surface area contributed by atoms with E-state index in [0.29, 0.717) is 14.9 Å². The molecule has 0 aliphatic heterocycles. The summed E-state index contributed by atoms with van der Waals surface area (Å²) in [7, 11) is 1.85. The molecule has 0 heterocycles. The molecule has 0 aliphatic rings. The van der Waals surface area contributed by atoms with Crippen molar-refractivity contribution in [3.63, 3.8) is 0 Å². The van der Waals surface area contributed by atoms with Gasteiger partial charge in [-0.05, 0) is 49.9 Å². The number of hydrogen-bond donors (Lipinski definition) is 1. The minimum absolute atomic E-state index is 0.119. The van der Waals surface area contributed by atoms with E-state index in [1.165, 1.54) is 11.8 Å². The van der Waals surface area contributed by atoms with E-state index in [0.717, 1.165) is 10.5 Å². The lowest BCUT2D eigenvalue weighted by molar-refractivity contribution is 0.587. The van der Waals surface area contributed by atoms with Crippen LogP contribution in [0.1, 0.15) is 18.5 Å². The number of benzene rings is 2. The van der Waals surface area contributed by atoms with E-state index in [9.17, 15) is 4.39 Å². The third-order valence-electron chi connectivity index (χ3n) is 3.01. The summed E-state index contributed by atoms with van der Waals surface area (Å²) in [5.74, 6) is -0.235. The van der Waals surface area contributed by atoms with E-state index in [1.807, 2.05) is 26.1 Å². The number of nitrogens with one attached hydrogen (secondary N) is 1. The molecule has 0 amide bonds. The van der Waals surface area contributed by atoms with E-state index in [4.69, 9.17) is 23.2 Å². The molecule has 0 radical (unpaired) electrons. The maximum absolute atomic E-state index is 14.1. The van der Waals surface area contributed by atoms with Gasteiger partial charge in [0, 0.05) is 15.8 Å². The topological polar surface area (TPSA) is 12.0 Å². The molecular formula is C15H14Cl2FNS. The Morgan fingerprint density at radius 2 is 1.85 bits per heavy atom. The highest BCUT2D eigenvalue weighted by atomic mass is 35.5. The standard InChI is InChI=1S/C15H14Cl2FNS/c1-9(19-2)10-3-6-15(14(18)7-10)20-11-4-5-12(16)13(17)8-11/h3-9,19H,1-2H3. The second-order valence-electron chi connectivity index (χ2n) is 4.38. The third kappa shape index (κ3) is 3.67. The molecule has 2 aromatic carbocycles. The molecule has 0 bridgehead atoms. The van der Waals surface area contributed by atoms with Crippen LogP contribution in [0.3, 0.4) is 0 Å². The molecule has 0 aromatic heterocycles. The van der Waals surface area contributed by atoms with Crippen molar-refractivity contribution in [1.82, 2.24) is 5.32 Å². The zero-order valence-corrected chi connectivity index (χ0v) is 13.4. The lowest BCUT2D eigenvalue weighted by Gasteiger charge is -2.12. The highest BCUT2D eigenvalue weighted by molar-refractivity contribution is 7.99. The Hall–Kier alpha value is -0.740. The first kappa shape index (κ1) is 15.6. The molecule has 1 nitrogen and oxygen atoms in total. The van der Waals surface area contributed by atoms with Crippen LogP contribution in [-0.2, 0) is 0 Å². The van der Waals surface area contributed by atoms with Gasteiger partial charge in [0.05, 0.1) is 10.0 Å². The highest BCUT2D eigenvalue weighted by Gasteiger charge is 2.09. The van der Waals surface area contributed by atoms with Crippen LogP contribution in [0.25, 0.3) is 0 Å². The predicted molar refractivity (Wildman–Crippen MR) is 84.5 cm³/mol. The van der Waals surface area contributed by atoms with Gasteiger partial charge >= 0.3 is 0 Å². The zero-order valence-electron chi connectivity index (χ0n) is 11.1. The van der Waals surface area contributed by atoms with Crippen molar-refractivity contribution in [3.05, 3.63) is 57.8 Å². The molecule has 20 heavy (non-hydrogen) atoms. The van der Waals surface area contributed by atoms with Gasteiger partial charge in [-0.3, -0.25) is 0 Å². The van der Waals surface area contributed by atoms with Gasteiger partial charge in [-0.25, -0.2) is 4.39 Å². The van der Waals surface area contributed by atoms with E-state index >= 15 is 0 Å². The van der Waals surface area contributed by atoms with Gasteiger partial charge in [0.15, 0.2) is 0 Å². The van der Waals surface area contributed by atoms with Gasteiger partial charge < -0.3 is 5.32 Å². The smallest absolute Gasteiger partial charge is 0.137 e. The minimum Gasteiger partial charge on any atom is -0.313 e. The van der Waals surface area contributed by atoms with Crippen LogP contribution in [-0.4, -0.2) is 7.05 Å². The van der Waals surface area contributed by atoms with E-state index in [2.05, 4.69) is 5.32 Å². The molecule has 0 saturated carbocycles. The number of hydrogen-bond acceptors (Lipinski definition) is 2. The Morgan fingerprint density at radius 3 is 2.45 bits per heavy atom. The molecule has 0 spiro atoms. The maximum Gasteiger partial charge on any atom is 0.137 e. The van der Waals surface area contributed by atoms with Crippen LogP contribution in [0.5, 0.6) is 0 Å². The normalized spacial score (nSPS) is 12.4. The molecule has 106 valence electrons. The Kier molecular flexibility index (Phi) is 5.33. The van der Waals surface area contributed by atoms with Gasteiger partial charge in [-0.15, -0.1) is 0 Å². The lowest BCUT2D eigenvalue weighted by atomic mass is 10.1. The van der Waals surface area contributed by atoms with Gasteiger partial charge in [0.2, 0.25) is 0 Å². The van der Waals surface area contributed by atoms with Crippen LogP contribution < -0.4 is 5.32 Å². The number of halogens is 3.